The maximum absolute atomic E-state index is 10.9. The molecule has 9 radical (unpaired) electrons. The molecule has 0 spiro atoms. The van der Waals surface area contributed by atoms with Crippen molar-refractivity contribution >= 4 is 11.8 Å². The van der Waals surface area contributed by atoms with Gasteiger partial charge in [0.1, 0.15) is 0 Å². The molecule has 2 rings (SSSR count). The molecule has 13 heteroatoms. The van der Waals surface area contributed by atoms with Gasteiger partial charge in [-0.05, 0) is 11.8 Å². The fraction of sp³-hybridized carbons (Fsp3) is 0.143. The van der Waals surface area contributed by atoms with Crippen molar-refractivity contribution in [2.24, 2.45) is 0 Å². The predicted octanol–water partition coefficient (Wildman–Crippen LogP) is 0.753. The molecule has 20 heavy (non-hydrogen) atoms. The van der Waals surface area contributed by atoms with Crippen LogP contribution in [0.15, 0.2) is 16.8 Å². The van der Waals surface area contributed by atoms with E-state index in [-0.39, 0.29) is 300 Å². The smallest absolute Gasteiger partial charge is 0 e. The molecule has 83 valence electrons. The molecule has 2 aliphatic heterocycles. The van der Waals surface area contributed by atoms with E-state index in [1.54, 1.807) is 6.92 Å². The molecule has 0 aromatic carbocycles. The summed E-state index contributed by atoms with van der Waals surface area (Å²) in [5.41, 5.74) is 0.978. The van der Waals surface area contributed by atoms with Gasteiger partial charge >= 0.3 is 0 Å². The Balaban J connectivity index is -0.0000000267. The van der Waals surface area contributed by atoms with Gasteiger partial charge in [-0.1, -0.05) is 6.92 Å². The number of carbonyl (C=O) groups is 2. The maximum atomic E-state index is 10.9. The minimum absolute atomic E-state index is 0. The average molecular weight is 947 g/mol. The number of allylic oxidation sites excluding steroid dienone is 1. The van der Waals surface area contributed by atoms with Crippen LogP contribution in [-0.4, -0.2) is 11.8 Å². The van der Waals surface area contributed by atoms with Crippen molar-refractivity contribution in [2.75, 3.05) is 0 Å². The van der Waals surface area contributed by atoms with Crippen LogP contribution < -0.4 is 0 Å². The first-order valence-corrected chi connectivity index (χ1v) is 3.05. The van der Waals surface area contributed by atoms with Crippen LogP contribution in [0.2, 0.25) is 0 Å². The molecular weight excluding hydrogens is 944 g/mol. The number of amides is 2. The zero-order valence-electron chi connectivity index (χ0n) is 10.9. The van der Waals surface area contributed by atoms with E-state index in [1.807, 2.05) is 0 Å². The summed E-state index contributed by atoms with van der Waals surface area (Å²) in [6.07, 6.45) is 2.34. The second kappa shape index (κ2) is 27.4. The number of carbonyl (C=O) groups excluding carboxylic acids is 2. The van der Waals surface area contributed by atoms with Gasteiger partial charge in [0.25, 0.3) is 0 Å². The van der Waals surface area contributed by atoms with Gasteiger partial charge in [-0.2, -0.15) is 5.57 Å². The molecule has 0 aliphatic carbocycles. The number of hydrogen-bond acceptors (Lipinski definition) is 2. The molecular formula is C7H3N2O2Y9-3. The van der Waals surface area contributed by atoms with E-state index in [1.165, 1.54) is 0 Å². The molecule has 0 unspecified atom stereocenters. The monoisotopic (exact) mass is 947 g/mol. The van der Waals surface area contributed by atoms with Crippen LogP contribution in [0, 0.1) is 6.20 Å². The maximum Gasteiger partial charge on any atom is 0 e. The van der Waals surface area contributed by atoms with Gasteiger partial charge in [0.2, 0.25) is 0 Å². The Morgan fingerprint density at radius 2 is 1.15 bits per heavy atom. The normalized spacial score (nSPS) is 11.8. The molecule has 4 nitrogen and oxygen atoms in total. The van der Waals surface area contributed by atoms with Crippen LogP contribution >= 0.6 is 0 Å². The fourth-order valence-electron chi connectivity index (χ4n) is 1.08. The van der Waals surface area contributed by atoms with Crippen LogP contribution in [0.5, 0.6) is 0 Å². The van der Waals surface area contributed by atoms with Crippen LogP contribution in [-0.2, 0) is 304 Å². The topological polar surface area (TPSA) is 62.3 Å². The van der Waals surface area contributed by atoms with E-state index >= 15 is 0 Å². The molecule has 0 aromatic heterocycles. The minimum atomic E-state index is -0.410. The molecule has 0 aromatic rings. The van der Waals surface area contributed by atoms with E-state index in [0.29, 0.717) is 11.3 Å². The van der Waals surface area contributed by atoms with Gasteiger partial charge in [-0.25, -0.2) is 5.70 Å². The SMILES string of the molecule is CC1=C2C(=O)[N-][C-]=C2C(=O)[N-]1.[Y].[Y].[Y].[Y].[Y].[Y].[Y].[Y].[Y]. The summed E-state index contributed by atoms with van der Waals surface area (Å²) in [6, 6.07) is 0. The third-order valence-electron chi connectivity index (χ3n) is 1.58. The zero-order valence-corrected chi connectivity index (χ0v) is 36.5. The van der Waals surface area contributed by atoms with Gasteiger partial charge in [0.05, 0.1) is 0 Å². The van der Waals surface area contributed by atoms with Gasteiger partial charge < -0.3 is 20.2 Å². The van der Waals surface area contributed by atoms with Crippen molar-refractivity contribution in [3.63, 3.8) is 0 Å². The summed E-state index contributed by atoms with van der Waals surface area (Å²) in [5, 5.41) is 6.94. The molecule has 2 heterocycles. The molecule has 0 N–H and O–H groups in total. The van der Waals surface area contributed by atoms with E-state index in [2.05, 4.69) is 16.8 Å². The molecule has 0 saturated carbocycles. The van der Waals surface area contributed by atoms with Crippen LogP contribution in [0.1, 0.15) is 6.92 Å². The number of rotatable bonds is 0. The molecule has 0 fully saturated rings. The van der Waals surface area contributed by atoms with Gasteiger partial charge in [-0.15, -0.1) is 5.57 Å². The predicted molar refractivity (Wildman–Crippen MR) is 36.2 cm³/mol. The minimum Gasteiger partial charge on any atom is -0.727 e. The molecule has 0 bridgehead atoms. The van der Waals surface area contributed by atoms with Crippen molar-refractivity contribution in [2.45, 2.75) is 6.92 Å². The Morgan fingerprint density at radius 3 is 1.50 bits per heavy atom. The van der Waals surface area contributed by atoms with Crippen LogP contribution in [0.3, 0.4) is 0 Å². The quantitative estimate of drug-likeness (QED) is 0.338. The summed E-state index contributed by atoms with van der Waals surface area (Å²) in [4.78, 5) is 21.8. The number of nitrogens with zero attached hydrogens (tertiary/aromatic N) is 2. The third-order valence-corrected chi connectivity index (χ3v) is 1.58. The first-order valence-electron chi connectivity index (χ1n) is 3.05. The van der Waals surface area contributed by atoms with Crippen LogP contribution in [0.4, 0.5) is 0 Å². The first kappa shape index (κ1) is 51.2. The summed E-state index contributed by atoms with van der Waals surface area (Å²) in [6.45, 7) is 1.61. The largest absolute Gasteiger partial charge is 0.727 e. The standard InChI is InChI=1S/C7H4N2O2.9Y/c1-3-5-4(6(10)9-3)2-8-7(5)11;;;;;;;;;/h1H3,(H-,8,9,10,11);;;;;;;;;/q-2;;;;;;;;;/p-1. The van der Waals surface area contributed by atoms with Crippen molar-refractivity contribution in [1.82, 2.24) is 0 Å². The van der Waals surface area contributed by atoms with Crippen molar-refractivity contribution in [3.05, 3.63) is 33.7 Å². The summed E-state index contributed by atoms with van der Waals surface area (Å²) < 4.78 is 0. The first-order chi connectivity index (χ1) is 5.20. The molecule has 0 atom stereocenters. The van der Waals surface area contributed by atoms with Gasteiger partial charge in [0, 0.05) is 294 Å². The second-order valence-electron chi connectivity index (χ2n) is 2.28. The summed E-state index contributed by atoms with van der Waals surface area (Å²) >= 11 is 0. The Labute approximate surface area is 345 Å². The van der Waals surface area contributed by atoms with E-state index < -0.39 is 11.8 Å². The fourth-order valence-corrected chi connectivity index (χ4v) is 1.08. The van der Waals surface area contributed by atoms with Gasteiger partial charge in [0.15, 0.2) is 0 Å². The summed E-state index contributed by atoms with van der Waals surface area (Å²) in [5.74, 6) is -0.820. The Hall–Kier alpha value is 8.36. The van der Waals surface area contributed by atoms with Gasteiger partial charge in [-0.3, -0.25) is 6.20 Å². The van der Waals surface area contributed by atoms with Crippen molar-refractivity contribution < 1.29 is 304 Å². The number of fused-ring (bicyclic) bond motifs is 1. The Bertz CT molecular complexity index is 345. The second-order valence-corrected chi connectivity index (χ2v) is 2.28. The van der Waals surface area contributed by atoms with Crippen molar-refractivity contribution in [1.29, 1.82) is 0 Å². The average Bonchev–Trinajstić information content (AvgIpc) is 2.41. The van der Waals surface area contributed by atoms with E-state index in [9.17, 15) is 9.59 Å². The van der Waals surface area contributed by atoms with E-state index in [4.69, 9.17) is 0 Å². The third kappa shape index (κ3) is 15.2. The number of hydrogen-bond donors (Lipinski definition) is 0. The Kier molecular flexibility index (Phi) is 70.0. The van der Waals surface area contributed by atoms with E-state index in [0.717, 1.165) is 0 Å². The Morgan fingerprint density at radius 1 is 0.750 bits per heavy atom. The van der Waals surface area contributed by atoms with Crippen molar-refractivity contribution in [3.8, 4) is 0 Å². The zero-order chi connectivity index (χ0) is 8.01. The molecule has 2 amide bonds. The molecule has 0 saturated heterocycles. The van der Waals surface area contributed by atoms with Crippen LogP contribution in [0.25, 0.3) is 10.6 Å². The molecule has 2 aliphatic rings. The summed E-state index contributed by atoms with van der Waals surface area (Å²) in [7, 11) is 0.